The summed E-state index contributed by atoms with van der Waals surface area (Å²) in [5.74, 6) is 6.99. The van der Waals surface area contributed by atoms with Crippen LogP contribution in [0.4, 0.5) is 0 Å². The van der Waals surface area contributed by atoms with Crippen LogP contribution in [-0.4, -0.2) is 0 Å². The SMILES string of the molecule is CC.CC.[CH2-]C.[CH2-]C1CC2CC1C1C3C=CC(C3)C21.[CH3-].[Y+3]. The van der Waals surface area contributed by atoms with E-state index in [0.29, 0.717) is 0 Å². The molecule has 0 aromatic carbocycles. The Morgan fingerprint density at radius 3 is 1.81 bits per heavy atom. The van der Waals surface area contributed by atoms with Gasteiger partial charge in [0.15, 0.2) is 0 Å². The van der Waals surface area contributed by atoms with Gasteiger partial charge in [-0.3, -0.25) is 0 Å². The van der Waals surface area contributed by atoms with Gasteiger partial charge in [-0.25, -0.2) is 0 Å². The van der Waals surface area contributed by atoms with Crippen molar-refractivity contribution in [2.75, 3.05) is 0 Å². The summed E-state index contributed by atoms with van der Waals surface area (Å²) in [6.07, 6.45) is 9.50. The molecule has 0 amide bonds. The van der Waals surface area contributed by atoms with E-state index in [1.54, 1.807) is 6.92 Å². The first-order chi connectivity index (χ1) is 9.34. The molecule has 3 fully saturated rings. The van der Waals surface area contributed by atoms with Crippen molar-refractivity contribution in [2.24, 2.45) is 41.4 Å². The predicted octanol–water partition coefficient (Wildman–Crippen LogP) is 6.26. The summed E-state index contributed by atoms with van der Waals surface area (Å²) in [4.78, 5) is 0. The number of hydrogen-bond acceptors (Lipinski definition) is 0. The van der Waals surface area contributed by atoms with Gasteiger partial charge in [0.2, 0.25) is 0 Å². The van der Waals surface area contributed by atoms with E-state index in [2.05, 4.69) is 26.0 Å². The Kier molecular flexibility index (Phi) is 13.1. The van der Waals surface area contributed by atoms with Crippen molar-refractivity contribution in [3.05, 3.63) is 33.4 Å². The molecule has 0 aliphatic heterocycles. The number of fused-ring (bicyclic) bond motifs is 9. The van der Waals surface area contributed by atoms with Crippen molar-refractivity contribution in [3.63, 3.8) is 0 Å². The van der Waals surface area contributed by atoms with Crippen molar-refractivity contribution in [3.8, 4) is 0 Å². The molecule has 21 heavy (non-hydrogen) atoms. The van der Waals surface area contributed by atoms with Crippen LogP contribution in [0.5, 0.6) is 0 Å². The second kappa shape index (κ2) is 11.4. The van der Waals surface area contributed by atoms with Crippen molar-refractivity contribution >= 4 is 0 Å². The third-order valence-electron chi connectivity index (χ3n) is 5.41. The standard InChI is InChI=1S/C13H17.2C2H6.C2H5.CH3.Y/c1-7-4-10-6-11(7)13-9-3-2-8(5-9)12(10)13;3*1-2;;/h2-3,7-13H,1,4-6H2;2*1-2H3;1H2,2H3;1H3;/q-1;;;2*-1;+3. The minimum absolute atomic E-state index is 0. The number of hydrogen-bond donors (Lipinski definition) is 0. The molecule has 0 saturated heterocycles. The van der Waals surface area contributed by atoms with Crippen molar-refractivity contribution in [1.29, 1.82) is 0 Å². The maximum atomic E-state index is 4.34. The van der Waals surface area contributed by atoms with Gasteiger partial charge in [-0.15, -0.1) is 0 Å². The van der Waals surface area contributed by atoms with Crippen LogP contribution in [0, 0.1) is 62.7 Å². The third kappa shape index (κ3) is 4.23. The molecule has 4 rings (SSSR count). The first-order valence-corrected chi connectivity index (χ1v) is 8.56. The van der Waals surface area contributed by atoms with Gasteiger partial charge in [-0.1, -0.05) is 52.2 Å². The molecule has 0 aromatic heterocycles. The first-order valence-electron chi connectivity index (χ1n) is 8.56. The van der Waals surface area contributed by atoms with Crippen LogP contribution in [-0.2, 0) is 32.7 Å². The Labute approximate surface area is 160 Å². The van der Waals surface area contributed by atoms with Gasteiger partial charge in [0.1, 0.15) is 0 Å². The molecule has 7 unspecified atom stereocenters. The third-order valence-corrected chi connectivity index (χ3v) is 5.41. The minimum Gasteiger partial charge on any atom is -0.358 e. The van der Waals surface area contributed by atoms with E-state index in [0.717, 1.165) is 41.4 Å². The monoisotopic (exact) mass is 366 g/mol. The molecule has 4 aliphatic carbocycles. The second-order valence-electron chi connectivity index (χ2n) is 5.76. The van der Waals surface area contributed by atoms with E-state index >= 15 is 0 Å². The average molecular weight is 366 g/mol. The maximum absolute atomic E-state index is 4.34. The maximum Gasteiger partial charge on any atom is 3.00 e. The van der Waals surface area contributed by atoms with Gasteiger partial charge in [0.25, 0.3) is 0 Å². The Morgan fingerprint density at radius 2 is 1.29 bits per heavy atom. The Morgan fingerprint density at radius 1 is 0.810 bits per heavy atom. The summed E-state index contributed by atoms with van der Waals surface area (Å²) in [7, 11) is 0. The molecule has 1 heteroatoms. The van der Waals surface area contributed by atoms with E-state index in [1.807, 2.05) is 27.7 Å². The normalized spacial score (nSPS) is 42.0. The van der Waals surface area contributed by atoms with Crippen molar-refractivity contribution in [2.45, 2.75) is 53.9 Å². The van der Waals surface area contributed by atoms with Crippen LogP contribution < -0.4 is 0 Å². The van der Waals surface area contributed by atoms with Crippen LogP contribution in [0.3, 0.4) is 0 Å². The van der Waals surface area contributed by atoms with Gasteiger partial charge < -0.3 is 21.3 Å². The fourth-order valence-corrected chi connectivity index (χ4v) is 5.15. The molecule has 4 aliphatic rings. The predicted molar refractivity (Wildman–Crippen MR) is 92.9 cm³/mol. The van der Waals surface area contributed by atoms with Crippen LogP contribution in [0.1, 0.15) is 53.9 Å². The number of rotatable bonds is 0. The summed E-state index contributed by atoms with van der Waals surface area (Å²) in [5.41, 5.74) is 0. The zero-order chi connectivity index (χ0) is 14.6. The molecule has 4 bridgehead atoms. The molecular formula is C20H37Y. The van der Waals surface area contributed by atoms with Gasteiger partial charge in [-0.05, 0) is 42.4 Å². The molecule has 0 nitrogen and oxygen atoms in total. The Bertz CT molecular complexity index is 284. The van der Waals surface area contributed by atoms with E-state index in [4.69, 9.17) is 0 Å². The molecular weight excluding hydrogens is 329 g/mol. The summed E-state index contributed by atoms with van der Waals surface area (Å²) in [5, 5.41) is 0. The molecule has 0 spiro atoms. The Balaban J connectivity index is 0. The Hall–Kier alpha value is 0.844. The van der Waals surface area contributed by atoms with Gasteiger partial charge >= 0.3 is 32.7 Å². The van der Waals surface area contributed by atoms with E-state index < -0.39 is 0 Å². The van der Waals surface area contributed by atoms with Crippen molar-refractivity contribution < 1.29 is 32.7 Å². The smallest absolute Gasteiger partial charge is 0.358 e. The quantitative estimate of drug-likeness (QED) is 0.270. The molecule has 3 saturated carbocycles. The van der Waals surface area contributed by atoms with Crippen LogP contribution in [0.2, 0.25) is 0 Å². The van der Waals surface area contributed by atoms with Crippen LogP contribution in [0.25, 0.3) is 0 Å². The summed E-state index contributed by atoms with van der Waals surface area (Å²) >= 11 is 0. The summed E-state index contributed by atoms with van der Waals surface area (Å²) in [6.45, 7) is 17.3. The molecule has 7 atom stereocenters. The van der Waals surface area contributed by atoms with E-state index in [-0.39, 0.29) is 40.1 Å². The number of allylic oxidation sites excluding steroid dienone is 2. The molecule has 0 heterocycles. The topological polar surface area (TPSA) is 0 Å². The van der Waals surface area contributed by atoms with Crippen LogP contribution in [0.15, 0.2) is 12.2 Å². The largest absolute Gasteiger partial charge is 3.00 e. The summed E-state index contributed by atoms with van der Waals surface area (Å²) in [6, 6.07) is 0. The van der Waals surface area contributed by atoms with E-state index in [1.165, 1.54) is 19.3 Å². The average Bonchev–Trinajstić information content (AvgIpc) is 3.23. The molecule has 0 aromatic rings. The zero-order valence-corrected chi connectivity index (χ0v) is 18.1. The molecule has 120 valence electrons. The fourth-order valence-electron chi connectivity index (χ4n) is 5.15. The van der Waals surface area contributed by atoms with Crippen molar-refractivity contribution in [1.82, 2.24) is 0 Å². The summed E-state index contributed by atoms with van der Waals surface area (Å²) < 4.78 is 0. The fraction of sp³-hybridized carbons (Fsp3) is 0.750. The van der Waals surface area contributed by atoms with E-state index in [9.17, 15) is 0 Å². The van der Waals surface area contributed by atoms with Gasteiger partial charge in [0.05, 0.1) is 0 Å². The van der Waals surface area contributed by atoms with Gasteiger partial charge in [0, 0.05) is 0 Å². The van der Waals surface area contributed by atoms with Gasteiger partial charge in [-0.2, -0.15) is 12.8 Å². The first kappa shape index (κ1) is 24.1. The zero-order valence-electron chi connectivity index (χ0n) is 15.3. The van der Waals surface area contributed by atoms with Crippen LogP contribution >= 0.6 is 0 Å². The molecule has 0 radical (unpaired) electrons. The minimum atomic E-state index is 0. The molecule has 0 N–H and O–H groups in total. The second-order valence-corrected chi connectivity index (χ2v) is 5.76.